The van der Waals surface area contributed by atoms with E-state index in [4.69, 9.17) is 5.11 Å². The highest BCUT2D eigenvalue weighted by atomic mass is 35.5. The number of carboxylic acids is 1. The van der Waals surface area contributed by atoms with Gasteiger partial charge in [0.15, 0.2) is 0 Å². The van der Waals surface area contributed by atoms with Gasteiger partial charge in [0.2, 0.25) is 0 Å². The third-order valence-electron chi connectivity index (χ3n) is 2.50. The topological polar surface area (TPSA) is 49.3 Å². The van der Waals surface area contributed by atoms with Gasteiger partial charge in [0.05, 0.1) is 0 Å². The van der Waals surface area contributed by atoms with E-state index < -0.39 is 5.97 Å². The molecule has 1 unspecified atom stereocenters. The van der Waals surface area contributed by atoms with Crippen molar-refractivity contribution in [1.82, 2.24) is 5.32 Å². The van der Waals surface area contributed by atoms with Gasteiger partial charge in [-0.1, -0.05) is 13.8 Å². The van der Waals surface area contributed by atoms with E-state index in [9.17, 15) is 4.79 Å². The molecule has 1 heterocycles. The van der Waals surface area contributed by atoms with E-state index in [0.29, 0.717) is 12.3 Å². The molecule has 0 aliphatic carbocycles. The second-order valence-electron chi connectivity index (χ2n) is 3.91. The third-order valence-corrected chi connectivity index (χ3v) is 2.50. The molecule has 1 aliphatic heterocycles. The van der Waals surface area contributed by atoms with Crippen LogP contribution >= 0.6 is 12.4 Å². The van der Waals surface area contributed by atoms with Crippen LogP contribution in [0.25, 0.3) is 0 Å². The normalized spacial score (nSPS) is 26.3. The molecular formula is C8H16ClNO2. The van der Waals surface area contributed by atoms with Crippen LogP contribution in [0, 0.1) is 11.3 Å². The summed E-state index contributed by atoms with van der Waals surface area (Å²) in [5.41, 5.74) is 0.151. The molecule has 0 aromatic rings. The number of carbonyl (C=O) groups is 1. The second-order valence-corrected chi connectivity index (χ2v) is 3.91. The van der Waals surface area contributed by atoms with E-state index in [-0.39, 0.29) is 17.8 Å². The summed E-state index contributed by atoms with van der Waals surface area (Å²) in [6.07, 6.45) is 0.292. The fourth-order valence-electron chi connectivity index (χ4n) is 1.55. The van der Waals surface area contributed by atoms with Crippen molar-refractivity contribution in [2.24, 2.45) is 11.3 Å². The van der Waals surface area contributed by atoms with E-state index in [1.807, 2.05) is 0 Å². The SMILES string of the molecule is CC1(C)CNCC1CC(=O)O.Cl. The van der Waals surface area contributed by atoms with Crippen molar-refractivity contribution >= 4 is 18.4 Å². The summed E-state index contributed by atoms with van der Waals surface area (Å²) >= 11 is 0. The first kappa shape index (κ1) is 11.7. The van der Waals surface area contributed by atoms with Crippen molar-refractivity contribution in [3.8, 4) is 0 Å². The van der Waals surface area contributed by atoms with Crippen LogP contribution < -0.4 is 5.32 Å². The zero-order chi connectivity index (χ0) is 8.48. The maximum absolute atomic E-state index is 10.4. The van der Waals surface area contributed by atoms with Crippen LogP contribution in [0.15, 0.2) is 0 Å². The zero-order valence-electron chi connectivity index (χ0n) is 7.46. The van der Waals surface area contributed by atoms with Gasteiger partial charge in [-0.25, -0.2) is 0 Å². The standard InChI is InChI=1S/C8H15NO2.ClH/c1-8(2)5-9-4-6(8)3-7(10)11;/h6,9H,3-5H2,1-2H3,(H,10,11);1H. The number of carboxylic acid groups (broad SMARTS) is 1. The fraction of sp³-hybridized carbons (Fsp3) is 0.875. The number of halogens is 1. The number of hydrogen-bond donors (Lipinski definition) is 2. The Hall–Kier alpha value is -0.280. The van der Waals surface area contributed by atoms with Crippen LogP contribution in [0.5, 0.6) is 0 Å². The Morgan fingerprint density at radius 3 is 2.58 bits per heavy atom. The monoisotopic (exact) mass is 193 g/mol. The molecule has 4 heteroatoms. The maximum Gasteiger partial charge on any atom is 0.303 e. The van der Waals surface area contributed by atoms with E-state index in [2.05, 4.69) is 19.2 Å². The van der Waals surface area contributed by atoms with Crippen molar-refractivity contribution < 1.29 is 9.90 Å². The summed E-state index contributed by atoms with van der Waals surface area (Å²) in [6.45, 7) is 6.01. The van der Waals surface area contributed by atoms with Crippen LogP contribution in [0.3, 0.4) is 0 Å². The average Bonchev–Trinajstić information content (AvgIpc) is 2.10. The molecule has 1 saturated heterocycles. The number of rotatable bonds is 2. The maximum atomic E-state index is 10.4. The van der Waals surface area contributed by atoms with Crippen molar-refractivity contribution in [3.05, 3.63) is 0 Å². The second kappa shape index (κ2) is 4.10. The molecule has 0 aromatic heterocycles. The number of nitrogens with one attached hydrogen (secondary N) is 1. The van der Waals surface area contributed by atoms with Crippen molar-refractivity contribution in [2.75, 3.05) is 13.1 Å². The molecule has 1 rings (SSSR count). The highest BCUT2D eigenvalue weighted by Crippen LogP contribution is 2.32. The predicted octanol–water partition coefficient (Wildman–Crippen LogP) is 1.13. The van der Waals surface area contributed by atoms with Crippen LogP contribution in [-0.2, 0) is 4.79 Å². The summed E-state index contributed by atoms with van der Waals surface area (Å²) in [5.74, 6) is -0.397. The molecule has 0 radical (unpaired) electrons. The van der Waals surface area contributed by atoms with Crippen molar-refractivity contribution in [3.63, 3.8) is 0 Å². The lowest BCUT2D eigenvalue weighted by Gasteiger charge is -2.23. The van der Waals surface area contributed by atoms with Gasteiger partial charge in [0.25, 0.3) is 0 Å². The van der Waals surface area contributed by atoms with Gasteiger partial charge >= 0.3 is 5.97 Å². The van der Waals surface area contributed by atoms with Gasteiger partial charge in [-0.15, -0.1) is 12.4 Å². The molecule has 0 spiro atoms. The lowest BCUT2D eigenvalue weighted by atomic mass is 9.80. The van der Waals surface area contributed by atoms with Crippen LogP contribution in [0.1, 0.15) is 20.3 Å². The van der Waals surface area contributed by atoms with Crippen LogP contribution in [-0.4, -0.2) is 24.2 Å². The van der Waals surface area contributed by atoms with Crippen molar-refractivity contribution in [2.45, 2.75) is 20.3 Å². The first-order chi connectivity index (χ1) is 5.02. The highest BCUT2D eigenvalue weighted by Gasteiger charge is 2.35. The minimum Gasteiger partial charge on any atom is -0.481 e. The van der Waals surface area contributed by atoms with Gasteiger partial charge in [-0.05, 0) is 17.9 Å². The quantitative estimate of drug-likeness (QED) is 0.691. The smallest absolute Gasteiger partial charge is 0.303 e. The first-order valence-corrected chi connectivity index (χ1v) is 3.95. The number of aliphatic carboxylic acids is 1. The summed E-state index contributed by atoms with van der Waals surface area (Å²) in [6, 6.07) is 0. The van der Waals surface area contributed by atoms with Crippen molar-refractivity contribution in [1.29, 1.82) is 0 Å². The Morgan fingerprint density at radius 2 is 2.25 bits per heavy atom. The van der Waals surface area contributed by atoms with Gasteiger partial charge in [-0.3, -0.25) is 4.79 Å². The van der Waals surface area contributed by atoms with E-state index in [0.717, 1.165) is 13.1 Å². The molecule has 0 saturated carbocycles. The molecule has 1 aliphatic rings. The molecule has 0 amide bonds. The molecule has 1 fully saturated rings. The molecule has 0 aromatic carbocycles. The fourth-order valence-corrected chi connectivity index (χ4v) is 1.55. The van der Waals surface area contributed by atoms with E-state index >= 15 is 0 Å². The molecule has 3 nitrogen and oxygen atoms in total. The van der Waals surface area contributed by atoms with Crippen LogP contribution in [0.4, 0.5) is 0 Å². The molecule has 12 heavy (non-hydrogen) atoms. The Kier molecular flexibility index (Phi) is 4.00. The molecular weight excluding hydrogens is 178 g/mol. The third kappa shape index (κ3) is 2.64. The molecule has 2 N–H and O–H groups in total. The first-order valence-electron chi connectivity index (χ1n) is 3.95. The van der Waals surface area contributed by atoms with Crippen LogP contribution in [0.2, 0.25) is 0 Å². The van der Waals surface area contributed by atoms with E-state index in [1.165, 1.54) is 0 Å². The highest BCUT2D eigenvalue weighted by molar-refractivity contribution is 5.85. The lowest BCUT2D eigenvalue weighted by molar-refractivity contribution is -0.138. The summed E-state index contributed by atoms with van der Waals surface area (Å²) in [4.78, 5) is 10.4. The lowest BCUT2D eigenvalue weighted by Crippen LogP contribution is -2.24. The number of hydrogen-bond acceptors (Lipinski definition) is 2. The summed E-state index contributed by atoms with van der Waals surface area (Å²) in [7, 11) is 0. The average molecular weight is 194 g/mol. The Labute approximate surface area is 78.9 Å². The summed E-state index contributed by atoms with van der Waals surface area (Å²) < 4.78 is 0. The Morgan fingerprint density at radius 1 is 1.67 bits per heavy atom. The van der Waals surface area contributed by atoms with E-state index in [1.54, 1.807) is 0 Å². The largest absolute Gasteiger partial charge is 0.481 e. The van der Waals surface area contributed by atoms with Gasteiger partial charge < -0.3 is 10.4 Å². The molecule has 0 bridgehead atoms. The minimum absolute atomic E-state index is 0. The predicted molar refractivity (Wildman–Crippen MR) is 49.6 cm³/mol. The molecule has 1 atom stereocenters. The zero-order valence-corrected chi connectivity index (χ0v) is 8.28. The van der Waals surface area contributed by atoms with Gasteiger partial charge in [0, 0.05) is 13.0 Å². The molecule has 72 valence electrons. The van der Waals surface area contributed by atoms with Gasteiger partial charge in [0.1, 0.15) is 0 Å². The van der Waals surface area contributed by atoms with Gasteiger partial charge in [-0.2, -0.15) is 0 Å². The minimum atomic E-state index is -0.688. The summed E-state index contributed by atoms with van der Waals surface area (Å²) in [5, 5.41) is 11.8. The Bertz CT molecular complexity index is 170. The Balaban J connectivity index is 0.00000121.